The number of ether oxygens (including phenoxy) is 1. The first-order valence-corrected chi connectivity index (χ1v) is 8.15. The molecule has 0 amide bonds. The molecule has 1 aromatic rings. The van der Waals surface area contributed by atoms with Crippen molar-refractivity contribution in [3.63, 3.8) is 0 Å². The maximum atomic E-state index is 12.1. The average molecular weight is 374 g/mol. The Kier molecular flexibility index (Phi) is 3.93. The first kappa shape index (κ1) is 13.5. The maximum Gasteiger partial charge on any atom is 0.268 e. The SMILES string of the molecule is O=c1cc(I)cnn1C1CCOC2(CCCCC2)C1. The molecule has 1 aliphatic heterocycles. The van der Waals surface area contributed by atoms with E-state index in [1.165, 1.54) is 19.3 Å². The van der Waals surface area contributed by atoms with Crippen molar-refractivity contribution in [2.24, 2.45) is 0 Å². The van der Waals surface area contributed by atoms with Gasteiger partial charge in [0, 0.05) is 16.2 Å². The highest BCUT2D eigenvalue weighted by Gasteiger charge is 2.39. The fourth-order valence-electron chi connectivity index (χ4n) is 3.43. The highest BCUT2D eigenvalue weighted by Crippen LogP contribution is 2.41. The highest BCUT2D eigenvalue weighted by atomic mass is 127. The summed E-state index contributed by atoms with van der Waals surface area (Å²) in [6, 6.07) is 1.87. The second-order valence-corrected chi connectivity index (χ2v) is 6.94. The van der Waals surface area contributed by atoms with Gasteiger partial charge in [0.25, 0.3) is 5.56 Å². The standard InChI is InChI=1S/C14H19IN2O2/c15-11-8-13(18)17(16-10-11)12-4-7-19-14(9-12)5-2-1-3-6-14/h8,10,12H,1-7,9H2. The molecule has 2 heterocycles. The van der Waals surface area contributed by atoms with Gasteiger partial charge in [0.05, 0.1) is 17.8 Å². The Morgan fingerprint density at radius 2 is 2.16 bits per heavy atom. The smallest absolute Gasteiger partial charge is 0.268 e. The third kappa shape index (κ3) is 2.86. The lowest BCUT2D eigenvalue weighted by molar-refractivity contribution is -0.116. The van der Waals surface area contributed by atoms with E-state index in [1.54, 1.807) is 16.9 Å². The van der Waals surface area contributed by atoms with Crippen molar-refractivity contribution in [3.05, 3.63) is 26.2 Å². The molecule has 1 saturated heterocycles. The van der Waals surface area contributed by atoms with E-state index < -0.39 is 0 Å². The summed E-state index contributed by atoms with van der Waals surface area (Å²) in [6.45, 7) is 0.755. The molecule has 0 bridgehead atoms. The zero-order chi connectivity index (χ0) is 13.3. The third-order valence-corrected chi connectivity index (χ3v) is 4.96. The van der Waals surface area contributed by atoms with E-state index in [2.05, 4.69) is 27.7 Å². The molecule has 1 aliphatic carbocycles. The molecular formula is C14H19IN2O2. The lowest BCUT2D eigenvalue weighted by atomic mass is 9.78. The van der Waals surface area contributed by atoms with Crippen LogP contribution in [-0.2, 0) is 4.74 Å². The molecule has 0 N–H and O–H groups in total. The van der Waals surface area contributed by atoms with Crippen LogP contribution in [0.4, 0.5) is 0 Å². The molecule has 0 aromatic carbocycles. The van der Waals surface area contributed by atoms with Gasteiger partial charge in [-0.05, 0) is 48.3 Å². The molecule has 4 nitrogen and oxygen atoms in total. The van der Waals surface area contributed by atoms with Crippen molar-refractivity contribution in [3.8, 4) is 0 Å². The highest BCUT2D eigenvalue weighted by molar-refractivity contribution is 14.1. The van der Waals surface area contributed by atoms with Gasteiger partial charge in [0.2, 0.25) is 0 Å². The lowest BCUT2D eigenvalue weighted by Gasteiger charge is -2.43. The van der Waals surface area contributed by atoms with Crippen molar-refractivity contribution in [1.82, 2.24) is 9.78 Å². The molecule has 3 rings (SSSR count). The van der Waals surface area contributed by atoms with Gasteiger partial charge in [-0.25, -0.2) is 4.68 Å². The molecule has 1 unspecified atom stereocenters. The van der Waals surface area contributed by atoms with Crippen LogP contribution >= 0.6 is 22.6 Å². The normalized spacial score (nSPS) is 26.5. The number of aromatic nitrogens is 2. The van der Waals surface area contributed by atoms with Crippen LogP contribution in [0.2, 0.25) is 0 Å². The Labute approximate surface area is 126 Å². The van der Waals surface area contributed by atoms with E-state index in [4.69, 9.17) is 4.74 Å². The Morgan fingerprint density at radius 3 is 2.89 bits per heavy atom. The average Bonchev–Trinajstić information content (AvgIpc) is 2.39. The molecule has 1 spiro atoms. The quantitative estimate of drug-likeness (QED) is 0.710. The number of hydrogen-bond donors (Lipinski definition) is 0. The van der Waals surface area contributed by atoms with E-state index in [0.717, 1.165) is 35.9 Å². The first-order chi connectivity index (χ1) is 9.19. The third-order valence-electron chi connectivity index (χ3n) is 4.37. The van der Waals surface area contributed by atoms with E-state index in [9.17, 15) is 4.79 Å². The fraction of sp³-hybridized carbons (Fsp3) is 0.714. The molecule has 19 heavy (non-hydrogen) atoms. The summed E-state index contributed by atoms with van der Waals surface area (Å²) in [4.78, 5) is 12.1. The monoisotopic (exact) mass is 374 g/mol. The molecule has 1 saturated carbocycles. The summed E-state index contributed by atoms with van der Waals surface area (Å²) in [5.74, 6) is 0. The van der Waals surface area contributed by atoms with Crippen molar-refractivity contribution in [1.29, 1.82) is 0 Å². The molecule has 2 fully saturated rings. The van der Waals surface area contributed by atoms with Crippen LogP contribution in [0, 0.1) is 3.57 Å². The maximum absolute atomic E-state index is 12.1. The number of rotatable bonds is 1. The van der Waals surface area contributed by atoms with Gasteiger partial charge in [-0.3, -0.25) is 4.79 Å². The molecule has 2 aliphatic rings. The number of halogens is 1. The Hall–Kier alpha value is -0.430. The van der Waals surface area contributed by atoms with Crippen LogP contribution in [0.15, 0.2) is 17.1 Å². The topological polar surface area (TPSA) is 44.1 Å². The fourth-order valence-corrected chi connectivity index (χ4v) is 3.82. The zero-order valence-electron chi connectivity index (χ0n) is 11.0. The number of hydrogen-bond acceptors (Lipinski definition) is 3. The van der Waals surface area contributed by atoms with Crippen molar-refractivity contribution in [2.45, 2.75) is 56.6 Å². The second kappa shape index (κ2) is 5.52. The predicted molar refractivity (Wildman–Crippen MR) is 81.3 cm³/mol. The summed E-state index contributed by atoms with van der Waals surface area (Å²) in [7, 11) is 0. The van der Waals surface area contributed by atoms with Gasteiger partial charge in [-0.15, -0.1) is 0 Å². The summed E-state index contributed by atoms with van der Waals surface area (Å²) < 4.78 is 8.65. The van der Waals surface area contributed by atoms with Gasteiger partial charge in [0.1, 0.15) is 0 Å². The molecular weight excluding hydrogens is 355 g/mol. The van der Waals surface area contributed by atoms with Gasteiger partial charge >= 0.3 is 0 Å². The molecule has 1 atom stereocenters. The van der Waals surface area contributed by atoms with Crippen LogP contribution in [0.25, 0.3) is 0 Å². The minimum Gasteiger partial charge on any atom is -0.375 e. The van der Waals surface area contributed by atoms with Crippen LogP contribution in [0.3, 0.4) is 0 Å². The Bertz CT molecular complexity index is 503. The predicted octanol–water partition coefficient (Wildman–Crippen LogP) is 2.90. The minimum atomic E-state index is 0.0183. The van der Waals surface area contributed by atoms with E-state index >= 15 is 0 Å². The van der Waals surface area contributed by atoms with Gasteiger partial charge < -0.3 is 4.74 Å². The number of nitrogens with zero attached hydrogens (tertiary/aromatic N) is 2. The lowest BCUT2D eigenvalue weighted by Crippen LogP contribution is -2.44. The first-order valence-electron chi connectivity index (χ1n) is 7.07. The zero-order valence-corrected chi connectivity index (χ0v) is 13.1. The molecule has 104 valence electrons. The van der Waals surface area contributed by atoms with Crippen molar-refractivity contribution < 1.29 is 4.74 Å². The van der Waals surface area contributed by atoms with Crippen LogP contribution < -0.4 is 5.56 Å². The van der Waals surface area contributed by atoms with E-state index in [1.807, 2.05) is 0 Å². The van der Waals surface area contributed by atoms with E-state index in [-0.39, 0.29) is 17.2 Å². The van der Waals surface area contributed by atoms with Crippen LogP contribution in [0.1, 0.15) is 51.0 Å². The van der Waals surface area contributed by atoms with Crippen LogP contribution in [0.5, 0.6) is 0 Å². The molecule has 0 radical (unpaired) electrons. The molecule has 5 heteroatoms. The van der Waals surface area contributed by atoms with E-state index in [0.29, 0.717) is 0 Å². The minimum absolute atomic E-state index is 0.0183. The Morgan fingerprint density at radius 1 is 1.37 bits per heavy atom. The van der Waals surface area contributed by atoms with Crippen LogP contribution in [-0.4, -0.2) is 22.0 Å². The van der Waals surface area contributed by atoms with Crippen molar-refractivity contribution in [2.75, 3.05) is 6.61 Å². The summed E-state index contributed by atoms with van der Waals surface area (Å²) in [5.41, 5.74) is 0.0374. The van der Waals surface area contributed by atoms with Crippen molar-refractivity contribution >= 4 is 22.6 Å². The Balaban J connectivity index is 1.83. The molecule has 1 aromatic heterocycles. The van der Waals surface area contributed by atoms with Gasteiger partial charge in [-0.2, -0.15) is 5.10 Å². The summed E-state index contributed by atoms with van der Waals surface area (Å²) in [5, 5.41) is 4.32. The summed E-state index contributed by atoms with van der Waals surface area (Å²) in [6.07, 6.45) is 9.72. The largest absolute Gasteiger partial charge is 0.375 e. The second-order valence-electron chi connectivity index (χ2n) is 5.70. The van der Waals surface area contributed by atoms with Gasteiger partial charge in [-0.1, -0.05) is 19.3 Å². The summed E-state index contributed by atoms with van der Waals surface area (Å²) >= 11 is 2.13. The van der Waals surface area contributed by atoms with Gasteiger partial charge in [0.15, 0.2) is 0 Å².